The number of piperazine rings is 1. The molecular weight excluding hydrogens is 837 g/mol. The second kappa shape index (κ2) is 22.3. The minimum absolute atomic E-state index is 0. The highest BCUT2D eigenvalue weighted by atomic mass is 35.5. The van der Waals surface area contributed by atoms with Crippen LogP contribution in [0.15, 0.2) is 84.9 Å². The molecule has 2 saturated heterocycles. The lowest BCUT2D eigenvalue weighted by atomic mass is 9.65. The van der Waals surface area contributed by atoms with Gasteiger partial charge in [-0.15, -0.1) is 24.8 Å². The zero-order chi connectivity index (χ0) is 42.3. The van der Waals surface area contributed by atoms with E-state index in [1.165, 1.54) is 5.57 Å². The molecule has 61 heavy (non-hydrogen) atoms. The Hall–Kier alpha value is -4.18. The third kappa shape index (κ3) is 12.9. The number of fused-ring (bicyclic) bond motifs is 1. The molecule has 0 bridgehead atoms. The van der Waals surface area contributed by atoms with Crippen LogP contribution in [-0.4, -0.2) is 75.3 Å². The number of carbonyl (C=O) groups excluding carboxylic acids is 3. The normalized spacial score (nSPS) is 25.0. The Bertz CT molecular complexity index is 2060. The summed E-state index contributed by atoms with van der Waals surface area (Å²) in [6, 6.07) is 17.1. The average molecular weight is 897 g/mol. The molecule has 1 amide bonds. The van der Waals surface area contributed by atoms with Crippen molar-refractivity contribution in [3.05, 3.63) is 107 Å². The van der Waals surface area contributed by atoms with E-state index >= 15 is 0 Å². The van der Waals surface area contributed by atoms with Gasteiger partial charge in [0, 0.05) is 55.4 Å². The molecule has 4 aliphatic rings. The predicted octanol–water partition coefficient (Wildman–Crippen LogP) is 8.73. The van der Waals surface area contributed by atoms with E-state index < -0.39 is 11.5 Å². The lowest BCUT2D eigenvalue weighted by molar-refractivity contribution is -0.166. The van der Waals surface area contributed by atoms with Gasteiger partial charge in [-0.25, -0.2) is 4.98 Å². The molecule has 1 N–H and O–H groups in total. The fourth-order valence-electron chi connectivity index (χ4n) is 8.59. The van der Waals surface area contributed by atoms with E-state index in [4.69, 9.17) is 26.3 Å². The standard InChI is InChI=1S/C25H38O5.C22H20ClN5O.2ClH/c1-6-25(4,5)24(28)30-21-12-15(2)11-17-8-7-16(3)20(23(17)21)10-9-19-13-18(26)14-22(27)29-19;23-19-2-1-3-20(10-19)28-9-8-26(15-22(28)29)14-21-12-25-16-27(21)13-18-6-4-17(11-24)5-7-18;;/h7-8,11,15-16,18-21,23,26H,6,9-10,12-14H2,1-5H3;1-7,10,12,16H,8-9,13-15H2;2*1H/t15-,16-,18+,19+,20-,21-,23-;;;/m0.../s1. The second-order valence-electron chi connectivity index (χ2n) is 17.3. The summed E-state index contributed by atoms with van der Waals surface area (Å²) >= 11 is 6.06. The molecule has 0 unspecified atom stereocenters. The summed E-state index contributed by atoms with van der Waals surface area (Å²) in [5, 5.41) is 19.5. The number of allylic oxidation sites excluding steroid dienone is 3. The Labute approximate surface area is 377 Å². The summed E-state index contributed by atoms with van der Waals surface area (Å²) in [7, 11) is 0. The van der Waals surface area contributed by atoms with Crippen LogP contribution >= 0.6 is 36.4 Å². The summed E-state index contributed by atoms with van der Waals surface area (Å²) in [5.74, 6) is 0.842. The number of rotatable bonds is 11. The number of aliphatic hydroxyl groups is 1. The van der Waals surface area contributed by atoms with Crippen molar-refractivity contribution in [3.8, 4) is 6.07 Å². The molecule has 330 valence electrons. The lowest BCUT2D eigenvalue weighted by Gasteiger charge is -2.44. The van der Waals surface area contributed by atoms with Crippen molar-refractivity contribution in [1.82, 2.24) is 14.5 Å². The number of aliphatic hydroxyl groups excluding tert-OH is 1. The first kappa shape index (κ1) is 49.5. The summed E-state index contributed by atoms with van der Waals surface area (Å²) in [4.78, 5) is 45.4. The number of halogens is 3. The minimum atomic E-state index is -0.601. The summed E-state index contributed by atoms with van der Waals surface area (Å²) in [6.45, 7) is 13.4. The fourth-order valence-corrected chi connectivity index (χ4v) is 8.77. The van der Waals surface area contributed by atoms with Crippen LogP contribution < -0.4 is 4.90 Å². The van der Waals surface area contributed by atoms with Gasteiger partial charge in [0.25, 0.3) is 0 Å². The second-order valence-corrected chi connectivity index (χ2v) is 17.7. The third-order valence-corrected chi connectivity index (χ3v) is 12.6. The van der Waals surface area contributed by atoms with Gasteiger partial charge in [0.2, 0.25) is 5.91 Å². The molecule has 0 radical (unpaired) electrons. The van der Waals surface area contributed by atoms with E-state index in [2.05, 4.69) is 52.6 Å². The van der Waals surface area contributed by atoms with Crippen molar-refractivity contribution < 1.29 is 29.0 Å². The fraction of sp³-hybridized carbons (Fsp3) is 0.511. The number of ether oxygens (including phenoxy) is 2. The Kier molecular flexibility index (Phi) is 18.1. The van der Waals surface area contributed by atoms with Gasteiger partial charge >= 0.3 is 11.9 Å². The van der Waals surface area contributed by atoms with Crippen LogP contribution in [0, 0.1) is 40.4 Å². The van der Waals surface area contributed by atoms with Gasteiger partial charge in [-0.3, -0.25) is 19.3 Å². The summed E-state index contributed by atoms with van der Waals surface area (Å²) in [5.41, 5.74) is 4.43. The van der Waals surface area contributed by atoms with Crippen LogP contribution in [0.2, 0.25) is 5.02 Å². The molecule has 2 aliphatic heterocycles. The lowest BCUT2D eigenvalue weighted by Crippen LogP contribution is -2.50. The first-order valence-electron chi connectivity index (χ1n) is 21.0. The maximum atomic E-state index is 12.9. The minimum Gasteiger partial charge on any atom is -0.462 e. The highest BCUT2D eigenvalue weighted by Gasteiger charge is 2.43. The van der Waals surface area contributed by atoms with Crippen molar-refractivity contribution in [1.29, 1.82) is 5.26 Å². The van der Waals surface area contributed by atoms with Crippen LogP contribution in [-0.2, 0) is 36.9 Å². The SMILES string of the molecule is CCC(C)(C)C(=O)O[C@H]1C[C@@H](C)C=C2C=C[C@H](C)[C@H](CC[C@@H]3C[C@@H](O)CC(=O)O3)[C@H]21.Cl.Cl.N#Cc1ccc(Cn2cncc2CN2CCN(c3cccc(Cl)c3)C(=O)C2)cc1. The number of hydrogen-bond donors (Lipinski definition) is 1. The van der Waals surface area contributed by atoms with E-state index in [-0.39, 0.29) is 67.2 Å². The number of hydrogen-bond acceptors (Lipinski definition) is 9. The van der Waals surface area contributed by atoms with Crippen LogP contribution in [0.5, 0.6) is 0 Å². The van der Waals surface area contributed by atoms with Gasteiger partial charge in [-0.05, 0) is 98.8 Å². The van der Waals surface area contributed by atoms with E-state index in [9.17, 15) is 19.5 Å². The number of imidazole rings is 1. The van der Waals surface area contributed by atoms with Crippen molar-refractivity contribution in [3.63, 3.8) is 0 Å². The zero-order valence-electron chi connectivity index (χ0n) is 35.7. The Morgan fingerprint density at radius 3 is 2.49 bits per heavy atom. The number of cyclic esters (lactones) is 1. The predicted molar refractivity (Wildman–Crippen MR) is 242 cm³/mol. The van der Waals surface area contributed by atoms with Crippen molar-refractivity contribution in [2.24, 2.45) is 29.1 Å². The molecular formula is C47H60Cl3N5O6. The van der Waals surface area contributed by atoms with E-state index in [1.54, 1.807) is 17.3 Å². The van der Waals surface area contributed by atoms with Gasteiger partial charge in [0.05, 0.1) is 48.1 Å². The Morgan fingerprint density at radius 1 is 1.07 bits per heavy atom. The van der Waals surface area contributed by atoms with Crippen LogP contribution in [0.25, 0.3) is 0 Å². The molecule has 3 heterocycles. The number of carbonyl (C=O) groups is 3. The number of benzene rings is 2. The largest absolute Gasteiger partial charge is 0.462 e. The molecule has 3 aromatic rings. The van der Waals surface area contributed by atoms with Gasteiger partial charge < -0.3 is 24.0 Å². The first-order valence-corrected chi connectivity index (χ1v) is 21.4. The number of nitrogens with zero attached hydrogens (tertiary/aromatic N) is 5. The van der Waals surface area contributed by atoms with Crippen molar-refractivity contribution >= 4 is 59.9 Å². The molecule has 14 heteroatoms. The first-order chi connectivity index (χ1) is 28.2. The Balaban J connectivity index is 0.000000260. The summed E-state index contributed by atoms with van der Waals surface area (Å²) in [6.07, 6.45) is 13.3. The number of esters is 2. The number of anilines is 1. The molecule has 7 atom stereocenters. The molecule has 2 aliphatic carbocycles. The molecule has 2 fully saturated rings. The zero-order valence-corrected chi connectivity index (χ0v) is 38.1. The molecule has 11 nitrogen and oxygen atoms in total. The number of nitriles is 1. The van der Waals surface area contributed by atoms with E-state index in [0.717, 1.165) is 49.2 Å². The van der Waals surface area contributed by atoms with Gasteiger partial charge in [0.15, 0.2) is 0 Å². The van der Waals surface area contributed by atoms with Crippen LogP contribution in [0.4, 0.5) is 5.69 Å². The molecule has 0 spiro atoms. The molecule has 0 saturated carbocycles. The van der Waals surface area contributed by atoms with Crippen molar-refractivity contribution in [2.75, 3.05) is 24.5 Å². The number of amides is 1. The monoisotopic (exact) mass is 895 g/mol. The van der Waals surface area contributed by atoms with E-state index in [1.807, 2.05) is 69.4 Å². The molecule has 1 aromatic heterocycles. The smallest absolute Gasteiger partial charge is 0.311 e. The van der Waals surface area contributed by atoms with Gasteiger partial charge in [0.1, 0.15) is 12.2 Å². The Morgan fingerprint density at radius 2 is 1.82 bits per heavy atom. The average Bonchev–Trinajstić information content (AvgIpc) is 3.63. The third-order valence-electron chi connectivity index (χ3n) is 12.4. The molecule has 7 rings (SSSR count). The topological polar surface area (TPSA) is 138 Å². The van der Waals surface area contributed by atoms with E-state index in [0.29, 0.717) is 60.9 Å². The number of aromatic nitrogens is 2. The quantitative estimate of drug-likeness (QED) is 0.187. The highest BCUT2D eigenvalue weighted by molar-refractivity contribution is 6.30. The molecule has 2 aromatic carbocycles. The van der Waals surface area contributed by atoms with Crippen LogP contribution in [0.1, 0.15) is 90.0 Å². The van der Waals surface area contributed by atoms with Gasteiger partial charge in [-0.1, -0.05) is 68.8 Å². The maximum Gasteiger partial charge on any atom is 0.311 e. The summed E-state index contributed by atoms with van der Waals surface area (Å²) < 4.78 is 13.7. The van der Waals surface area contributed by atoms with Gasteiger partial charge in [-0.2, -0.15) is 5.26 Å². The van der Waals surface area contributed by atoms with Crippen LogP contribution in [0.3, 0.4) is 0 Å². The maximum absolute atomic E-state index is 12.9. The van der Waals surface area contributed by atoms with Crippen molar-refractivity contribution in [2.45, 2.75) is 105 Å². The highest BCUT2D eigenvalue weighted by Crippen LogP contribution is 2.45.